The zero-order valence-corrected chi connectivity index (χ0v) is 13.9. The topological polar surface area (TPSA) is 76.7 Å². The second-order valence-corrected chi connectivity index (χ2v) is 5.28. The number of ether oxygens (including phenoxy) is 2. The van der Waals surface area contributed by atoms with E-state index in [0.29, 0.717) is 5.75 Å². The monoisotopic (exact) mass is 346 g/mol. The Morgan fingerprint density at radius 2 is 1.68 bits per heavy atom. The van der Waals surface area contributed by atoms with E-state index in [2.05, 4.69) is 10.9 Å². The van der Waals surface area contributed by atoms with E-state index in [-0.39, 0.29) is 12.4 Å². The van der Waals surface area contributed by atoms with Gasteiger partial charge in [0.2, 0.25) is 0 Å². The third-order valence-corrected chi connectivity index (χ3v) is 3.29. The molecule has 25 heavy (non-hydrogen) atoms. The number of hydrazine groups is 1. The Hall–Kier alpha value is -3.09. The quantitative estimate of drug-likeness (QED) is 0.786. The van der Waals surface area contributed by atoms with Gasteiger partial charge in [-0.2, -0.15) is 0 Å². The summed E-state index contributed by atoms with van der Waals surface area (Å²) in [5, 5.41) is 0. The number of rotatable bonds is 6. The summed E-state index contributed by atoms with van der Waals surface area (Å²) in [5.41, 5.74) is 5.32. The van der Waals surface area contributed by atoms with Crippen LogP contribution in [-0.2, 0) is 9.59 Å². The minimum Gasteiger partial charge on any atom is -0.483 e. The van der Waals surface area contributed by atoms with Crippen LogP contribution in [0.15, 0.2) is 48.5 Å². The Labute approximate surface area is 144 Å². The minimum atomic E-state index is -0.991. The van der Waals surface area contributed by atoms with Crippen LogP contribution in [0.25, 0.3) is 0 Å². The fraction of sp³-hybridized carbons (Fsp3) is 0.222. The molecule has 2 rings (SSSR count). The van der Waals surface area contributed by atoms with Crippen molar-refractivity contribution < 1.29 is 23.5 Å². The fourth-order valence-corrected chi connectivity index (χ4v) is 1.91. The van der Waals surface area contributed by atoms with Gasteiger partial charge < -0.3 is 9.47 Å². The third kappa shape index (κ3) is 5.49. The molecule has 6 nitrogen and oxygen atoms in total. The number of hydrogen-bond donors (Lipinski definition) is 2. The van der Waals surface area contributed by atoms with Crippen molar-refractivity contribution in [1.82, 2.24) is 10.9 Å². The number of aryl methyl sites for hydroxylation is 1. The Bertz CT molecular complexity index is 751. The fourth-order valence-electron chi connectivity index (χ4n) is 1.91. The number of hydrogen-bond acceptors (Lipinski definition) is 4. The highest BCUT2D eigenvalue weighted by atomic mass is 19.1. The van der Waals surface area contributed by atoms with Crippen LogP contribution < -0.4 is 20.3 Å². The second kappa shape index (κ2) is 8.68. The molecule has 0 saturated carbocycles. The van der Waals surface area contributed by atoms with Crippen LogP contribution in [0.2, 0.25) is 0 Å². The first-order chi connectivity index (χ1) is 12.0. The van der Waals surface area contributed by atoms with E-state index < -0.39 is 23.7 Å². The third-order valence-electron chi connectivity index (χ3n) is 3.29. The van der Waals surface area contributed by atoms with Crippen LogP contribution in [0, 0.1) is 12.7 Å². The molecular formula is C18H19FN2O4. The molecular weight excluding hydrogens is 327 g/mol. The maximum absolute atomic E-state index is 13.5. The predicted molar refractivity (Wildman–Crippen MR) is 89.4 cm³/mol. The summed E-state index contributed by atoms with van der Waals surface area (Å²) in [4.78, 5) is 23.6. The molecule has 2 N–H and O–H groups in total. The maximum atomic E-state index is 13.5. The van der Waals surface area contributed by atoms with Gasteiger partial charge in [0, 0.05) is 0 Å². The summed E-state index contributed by atoms with van der Waals surface area (Å²) in [6.07, 6.45) is -0.991. The summed E-state index contributed by atoms with van der Waals surface area (Å²) in [5.74, 6) is -1.18. The van der Waals surface area contributed by atoms with Gasteiger partial charge >= 0.3 is 0 Å². The summed E-state index contributed by atoms with van der Waals surface area (Å²) >= 11 is 0. The van der Waals surface area contributed by atoms with E-state index in [0.717, 1.165) is 5.56 Å². The van der Waals surface area contributed by atoms with Gasteiger partial charge in [-0.25, -0.2) is 4.39 Å². The van der Waals surface area contributed by atoms with Crippen LogP contribution >= 0.6 is 0 Å². The van der Waals surface area contributed by atoms with Crippen LogP contribution in [0.1, 0.15) is 12.5 Å². The Morgan fingerprint density at radius 3 is 2.36 bits per heavy atom. The number of para-hydroxylation sites is 2. The Kier molecular flexibility index (Phi) is 6.33. The van der Waals surface area contributed by atoms with E-state index in [1.54, 1.807) is 18.2 Å². The lowest BCUT2D eigenvalue weighted by Crippen LogP contribution is -2.48. The number of benzene rings is 2. The SMILES string of the molecule is Cc1ccccc1OCC(=O)NNC(=O)C(C)Oc1ccccc1F. The van der Waals surface area contributed by atoms with Crippen molar-refractivity contribution in [2.75, 3.05) is 6.61 Å². The van der Waals surface area contributed by atoms with Crippen LogP contribution in [0.4, 0.5) is 4.39 Å². The van der Waals surface area contributed by atoms with E-state index in [1.165, 1.54) is 25.1 Å². The molecule has 0 saturated heterocycles. The molecule has 7 heteroatoms. The first-order valence-electron chi connectivity index (χ1n) is 7.65. The molecule has 0 bridgehead atoms. The highest BCUT2D eigenvalue weighted by Gasteiger charge is 2.17. The van der Waals surface area contributed by atoms with E-state index in [1.807, 2.05) is 19.1 Å². The van der Waals surface area contributed by atoms with Gasteiger partial charge in [-0.15, -0.1) is 0 Å². The highest BCUT2D eigenvalue weighted by molar-refractivity contribution is 5.85. The second-order valence-electron chi connectivity index (χ2n) is 5.28. The minimum absolute atomic E-state index is 0.0423. The predicted octanol–water partition coefficient (Wildman–Crippen LogP) is 2.13. The lowest BCUT2D eigenvalue weighted by atomic mass is 10.2. The lowest BCUT2D eigenvalue weighted by Gasteiger charge is -2.15. The van der Waals surface area contributed by atoms with Gasteiger partial charge in [-0.1, -0.05) is 30.3 Å². The van der Waals surface area contributed by atoms with Gasteiger partial charge in [0.1, 0.15) is 5.75 Å². The number of amides is 2. The average Bonchev–Trinajstić information content (AvgIpc) is 2.60. The standard InChI is InChI=1S/C18H19FN2O4/c1-12-7-3-5-9-15(12)24-11-17(22)20-21-18(23)13(2)25-16-10-6-4-8-14(16)19/h3-10,13H,11H2,1-2H3,(H,20,22)(H,21,23). The van der Waals surface area contributed by atoms with Crippen LogP contribution in [-0.4, -0.2) is 24.5 Å². The molecule has 0 radical (unpaired) electrons. The first kappa shape index (κ1) is 18.3. The Balaban J connectivity index is 1.76. The molecule has 2 aromatic rings. The van der Waals surface area contributed by atoms with Crippen LogP contribution in [0.3, 0.4) is 0 Å². The number of carbonyl (C=O) groups is 2. The smallest absolute Gasteiger partial charge is 0.279 e. The molecule has 0 aromatic heterocycles. The van der Waals surface area contributed by atoms with Crippen molar-refractivity contribution >= 4 is 11.8 Å². The molecule has 0 fully saturated rings. The van der Waals surface area contributed by atoms with E-state index in [9.17, 15) is 14.0 Å². The summed E-state index contributed by atoms with van der Waals surface area (Å²) in [7, 11) is 0. The summed E-state index contributed by atoms with van der Waals surface area (Å²) in [6.45, 7) is 3.04. The molecule has 2 amide bonds. The number of halogens is 1. The Morgan fingerprint density at radius 1 is 1.04 bits per heavy atom. The molecule has 1 atom stereocenters. The summed E-state index contributed by atoms with van der Waals surface area (Å²) < 4.78 is 24.1. The van der Waals surface area contributed by atoms with Gasteiger partial charge in [-0.05, 0) is 37.6 Å². The van der Waals surface area contributed by atoms with Gasteiger partial charge in [0.05, 0.1) is 0 Å². The van der Waals surface area contributed by atoms with Crippen molar-refractivity contribution in [3.05, 3.63) is 59.9 Å². The van der Waals surface area contributed by atoms with E-state index in [4.69, 9.17) is 9.47 Å². The molecule has 0 aliphatic heterocycles. The largest absolute Gasteiger partial charge is 0.483 e. The van der Waals surface area contributed by atoms with Gasteiger partial charge in [0.15, 0.2) is 24.3 Å². The van der Waals surface area contributed by atoms with Crippen LogP contribution in [0.5, 0.6) is 11.5 Å². The van der Waals surface area contributed by atoms with Crippen molar-refractivity contribution in [2.24, 2.45) is 0 Å². The average molecular weight is 346 g/mol. The van der Waals surface area contributed by atoms with Crippen molar-refractivity contribution in [1.29, 1.82) is 0 Å². The number of nitrogens with one attached hydrogen (secondary N) is 2. The molecule has 1 unspecified atom stereocenters. The molecule has 132 valence electrons. The maximum Gasteiger partial charge on any atom is 0.279 e. The lowest BCUT2D eigenvalue weighted by molar-refractivity contribution is -0.133. The zero-order valence-electron chi connectivity index (χ0n) is 13.9. The van der Waals surface area contributed by atoms with E-state index >= 15 is 0 Å². The highest BCUT2D eigenvalue weighted by Crippen LogP contribution is 2.17. The van der Waals surface area contributed by atoms with Gasteiger partial charge in [-0.3, -0.25) is 20.4 Å². The molecule has 0 heterocycles. The molecule has 0 aliphatic rings. The van der Waals surface area contributed by atoms with Gasteiger partial charge in [0.25, 0.3) is 11.8 Å². The molecule has 0 aliphatic carbocycles. The van der Waals surface area contributed by atoms with Crippen molar-refractivity contribution in [2.45, 2.75) is 20.0 Å². The van der Waals surface area contributed by atoms with Crippen molar-refractivity contribution in [3.63, 3.8) is 0 Å². The molecule has 0 spiro atoms. The normalized spacial score (nSPS) is 11.3. The molecule has 2 aromatic carbocycles. The summed E-state index contributed by atoms with van der Waals surface area (Å²) in [6, 6.07) is 13.0. The first-order valence-corrected chi connectivity index (χ1v) is 7.65. The zero-order chi connectivity index (χ0) is 18.2. The number of carbonyl (C=O) groups excluding carboxylic acids is 2. The van der Waals surface area contributed by atoms with Crippen molar-refractivity contribution in [3.8, 4) is 11.5 Å².